The van der Waals surface area contributed by atoms with Gasteiger partial charge in [-0.3, -0.25) is 38.3 Å². The van der Waals surface area contributed by atoms with Gasteiger partial charge < -0.3 is 11.5 Å². The van der Waals surface area contributed by atoms with Crippen LogP contribution < -0.4 is 34.0 Å². The molecule has 0 atom stereocenters. The molecule has 0 aliphatic carbocycles. The first kappa shape index (κ1) is 22.3. The smallest absolute Gasteiger partial charge is 0.328 e. The molecular formula is C16H22N6O6. The standard InChI is InChI=1S/2C8H11N3O3/c2*1-5-4-11(3-2-6(9)12)8(14)10-7(5)13/h2*4H,2-3H2,1H3,(H2,9,12)(H,10,13,14). The summed E-state index contributed by atoms with van der Waals surface area (Å²) in [5, 5.41) is 0. The molecule has 0 saturated heterocycles. The van der Waals surface area contributed by atoms with E-state index in [1.54, 1.807) is 13.8 Å². The third-order valence-electron chi connectivity index (χ3n) is 3.58. The first-order valence-electron chi connectivity index (χ1n) is 8.18. The molecule has 2 aromatic rings. The number of amides is 2. The fourth-order valence-electron chi connectivity index (χ4n) is 2.03. The monoisotopic (exact) mass is 394 g/mol. The SMILES string of the molecule is Cc1cn(CCC(N)=O)c(=O)[nH]c1=O.Cc1cn(CCC(N)=O)c(=O)[nH]c1=O. The number of aromatic amines is 2. The highest BCUT2D eigenvalue weighted by atomic mass is 16.2. The second-order valence-electron chi connectivity index (χ2n) is 5.96. The van der Waals surface area contributed by atoms with E-state index in [4.69, 9.17) is 11.5 Å². The normalized spacial score (nSPS) is 10.1. The molecule has 28 heavy (non-hydrogen) atoms. The Morgan fingerprint density at radius 1 is 0.786 bits per heavy atom. The minimum Gasteiger partial charge on any atom is -0.370 e. The van der Waals surface area contributed by atoms with Crippen LogP contribution in [0.5, 0.6) is 0 Å². The Hall–Kier alpha value is -3.70. The van der Waals surface area contributed by atoms with Crippen molar-refractivity contribution in [2.45, 2.75) is 39.8 Å². The summed E-state index contributed by atoms with van der Waals surface area (Å²) in [6.07, 6.45) is 2.96. The van der Waals surface area contributed by atoms with Crippen molar-refractivity contribution in [1.29, 1.82) is 0 Å². The van der Waals surface area contributed by atoms with Gasteiger partial charge in [-0.05, 0) is 13.8 Å². The van der Waals surface area contributed by atoms with Crippen molar-refractivity contribution < 1.29 is 9.59 Å². The summed E-state index contributed by atoms with van der Waals surface area (Å²) in [5.41, 5.74) is 8.84. The van der Waals surface area contributed by atoms with Crippen molar-refractivity contribution in [2.24, 2.45) is 11.5 Å². The fraction of sp³-hybridized carbons (Fsp3) is 0.375. The molecule has 2 amide bonds. The Morgan fingerprint density at radius 2 is 1.11 bits per heavy atom. The van der Waals surface area contributed by atoms with Crippen molar-refractivity contribution in [3.8, 4) is 0 Å². The van der Waals surface area contributed by atoms with E-state index in [1.807, 2.05) is 0 Å². The van der Waals surface area contributed by atoms with Crippen LogP contribution in [0.15, 0.2) is 31.6 Å². The van der Waals surface area contributed by atoms with Gasteiger partial charge in [0.1, 0.15) is 0 Å². The first-order chi connectivity index (χ1) is 13.0. The lowest BCUT2D eigenvalue weighted by atomic mass is 10.3. The van der Waals surface area contributed by atoms with Crippen LogP contribution in [0.3, 0.4) is 0 Å². The Bertz CT molecular complexity index is 1000. The molecule has 0 aliphatic heterocycles. The number of hydrogen-bond acceptors (Lipinski definition) is 6. The van der Waals surface area contributed by atoms with Gasteiger partial charge in [0.2, 0.25) is 11.8 Å². The summed E-state index contributed by atoms with van der Waals surface area (Å²) in [7, 11) is 0. The average Bonchev–Trinajstić information content (AvgIpc) is 2.59. The average molecular weight is 394 g/mol. The lowest BCUT2D eigenvalue weighted by Gasteiger charge is -2.03. The van der Waals surface area contributed by atoms with Crippen LogP contribution in [0.25, 0.3) is 0 Å². The maximum Gasteiger partial charge on any atom is 0.328 e. The number of carbonyl (C=O) groups is 2. The molecule has 12 nitrogen and oxygen atoms in total. The highest BCUT2D eigenvalue weighted by Gasteiger charge is 2.02. The van der Waals surface area contributed by atoms with Gasteiger partial charge in [0.15, 0.2) is 0 Å². The van der Waals surface area contributed by atoms with Crippen molar-refractivity contribution in [1.82, 2.24) is 19.1 Å². The maximum atomic E-state index is 11.2. The third kappa shape index (κ3) is 6.90. The summed E-state index contributed by atoms with van der Waals surface area (Å²) in [4.78, 5) is 69.5. The van der Waals surface area contributed by atoms with E-state index in [9.17, 15) is 28.8 Å². The summed E-state index contributed by atoms with van der Waals surface area (Å²) in [6.45, 7) is 3.54. The van der Waals surface area contributed by atoms with Crippen LogP contribution in [0.4, 0.5) is 0 Å². The molecule has 0 spiro atoms. The molecule has 152 valence electrons. The summed E-state index contributed by atoms with van der Waals surface area (Å²) in [5.74, 6) is -0.971. The quantitative estimate of drug-likeness (QED) is 0.415. The minimum atomic E-state index is -0.526. The summed E-state index contributed by atoms with van der Waals surface area (Å²) < 4.78 is 2.50. The van der Waals surface area contributed by atoms with E-state index >= 15 is 0 Å². The molecule has 0 aliphatic rings. The highest BCUT2D eigenvalue weighted by Crippen LogP contribution is 1.88. The molecule has 2 rings (SSSR count). The molecule has 6 N–H and O–H groups in total. The number of primary amides is 2. The number of H-pyrrole nitrogens is 2. The molecule has 0 aromatic carbocycles. The van der Waals surface area contributed by atoms with E-state index < -0.39 is 34.3 Å². The fourth-order valence-corrected chi connectivity index (χ4v) is 2.03. The predicted molar refractivity (Wildman–Crippen MR) is 99.7 cm³/mol. The Kier molecular flexibility index (Phi) is 7.86. The molecule has 12 heteroatoms. The van der Waals surface area contributed by atoms with Gasteiger partial charge >= 0.3 is 11.4 Å². The number of hydrogen-bond donors (Lipinski definition) is 4. The second-order valence-corrected chi connectivity index (χ2v) is 5.96. The van der Waals surface area contributed by atoms with Gasteiger partial charge in [0, 0.05) is 49.5 Å². The van der Waals surface area contributed by atoms with Gasteiger partial charge in [-0.2, -0.15) is 0 Å². The lowest BCUT2D eigenvalue weighted by molar-refractivity contribution is -0.119. The van der Waals surface area contributed by atoms with Gasteiger partial charge in [-0.25, -0.2) is 9.59 Å². The van der Waals surface area contributed by atoms with Crippen LogP contribution in [0.2, 0.25) is 0 Å². The maximum absolute atomic E-state index is 11.2. The predicted octanol–water partition coefficient (Wildman–Crippen LogP) is -2.56. The number of aromatic nitrogens is 4. The highest BCUT2D eigenvalue weighted by molar-refractivity contribution is 5.73. The number of nitrogens with zero attached hydrogens (tertiary/aromatic N) is 2. The molecule has 2 heterocycles. The summed E-state index contributed by atoms with van der Waals surface area (Å²) in [6, 6.07) is 0. The Labute approximate surface area is 157 Å². The molecular weight excluding hydrogens is 372 g/mol. The Balaban J connectivity index is 0.000000280. The van der Waals surface area contributed by atoms with Crippen LogP contribution >= 0.6 is 0 Å². The Morgan fingerprint density at radius 3 is 1.39 bits per heavy atom. The van der Waals surface area contributed by atoms with Gasteiger partial charge in [-0.15, -0.1) is 0 Å². The van der Waals surface area contributed by atoms with Gasteiger partial charge in [0.25, 0.3) is 11.1 Å². The second kappa shape index (κ2) is 9.85. The lowest BCUT2D eigenvalue weighted by Crippen LogP contribution is -2.31. The van der Waals surface area contributed by atoms with Crippen molar-refractivity contribution in [3.05, 3.63) is 65.2 Å². The number of aryl methyl sites for hydroxylation is 4. The molecule has 0 unspecified atom stereocenters. The van der Waals surface area contributed by atoms with Gasteiger partial charge in [0.05, 0.1) is 0 Å². The van der Waals surface area contributed by atoms with E-state index in [-0.39, 0.29) is 25.9 Å². The van der Waals surface area contributed by atoms with E-state index in [0.29, 0.717) is 11.1 Å². The minimum absolute atomic E-state index is 0.0748. The zero-order valence-corrected chi connectivity index (χ0v) is 15.5. The zero-order chi connectivity index (χ0) is 21.4. The third-order valence-corrected chi connectivity index (χ3v) is 3.58. The van der Waals surface area contributed by atoms with Crippen molar-refractivity contribution in [2.75, 3.05) is 0 Å². The first-order valence-corrected chi connectivity index (χ1v) is 8.18. The van der Waals surface area contributed by atoms with Crippen molar-refractivity contribution in [3.63, 3.8) is 0 Å². The van der Waals surface area contributed by atoms with E-state index in [2.05, 4.69) is 9.97 Å². The molecule has 0 saturated carbocycles. The van der Waals surface area contributed by atoms with Crippen LogP contribution in [0, 0.1) is 13.8 Å². The molecule has 0 radical (unpaired) electrons. The van der Waals surface area contributed by atoms with Crippen molar-refractivity contribution >= 4 is 11.8 Å². The number of nitrogens with two attached hydrogens (primary N) is 2. The van der Waals surface area contributed by atoms with E-state index in [0.717, 1.165) is 0 Å². The van der Waals surface area contributed by atoms with E-state index in [1.165, 1.54) is 21.5 Å². The molecule has 2 aromatic heterocycles. The van der Waals surface area contributed by atoms with Crippen LogP contribution in [0.1, 0.15) is 24.0 Å². The summed E-state index contributed by atoms with van der Waals surface area (Å²) >= 11 is 0. The van der Waals surface area contributed by atoms with Crippen LogP contribution in [-0.2, 0) is 22.7 Å². The van der Waals surface area contributed by atoms with Gasteiger partial charge in [-0.1, -0.05) is 0 Å². The number of rotatable bonds is 6. The number of carbonyl (C=O) groups excluding carboxylic acids is 2. The van der Waals surface area contributed by atoms with Crippen LogP contribution in [-0.4, -0.2) is 30.9 Å². The number of nitrogens with one attached hydrogen (secondary N) is 2. The zero-order valence-electron chi connectivity index (χ0n) is 15.5. The largest absolute Gasteiger partial charge is 0.370 e. The molecule has 0 bridgehead atoms. The topological polar surface area (TPSA) is 196 Å². The molecule has 0 fully saturated rings.